The highest BCUT2D eigenvalue weighted by molar-refractivity contribution is 5.94. The van der Waals surface area contributed by atoms with Crippen molar-refractivity contribution in [3.05, 3.63) is 59.7 Å². The molecule has 4 heterocycles. The highest BCUT2D eigenvalue weighted by Crippen LogP contribution is 2.40. The van der Waals surface area contributed by atoms with Gasteiger partial charge in [0.2, 0.25) is 5.91 Å². The Morgan fingerprint density at radius 1 is 1.07 bits per heavy atom. The van der Waals surface area contributed by atoms with E-state index in [0.717, 1.165) is 62.3 Å². The number of nitrogens with zero attached hydrogens (tertiary/aromatic N) is 4. The largest absolute Gasteiger partial charge is 0.339 e. The van der Waals surface area contributed by atoms with E-state index in [1.54, 1.807) is 18.5 Å². The lowest BCUT2D eigenvalue weighted by Crippen LogP contribution is -2.52. The first kappa shape index (κ1) is 19.6. The Balaban J connectivity index is 1.40. The average Bonchev–Trinajstić information content (AvgIpc) is 2.77. The minimum Gasteiger partial charge on any atom is -0.339 e. The van der Waals surface area contributed by atoms with Gasteiger partial charge in [0.1, 0.15) is 0 Å². The topological polar surface area (TPSA) is 66.4 Å². The molecule has 2 aliphatic rings. The van der Waals surface area contributed by atoms with E-state index in [2.05, 4.69) is 9.97 Å². The Morgan fingerprint density at radius 2 is 1.86 bits per heavy atom. The molecule has 6 nitrogen and oxygen atoms in total. The van der Waals surface area contributed by atoms with Gasteiger partial charge in [0.15, 0.2) is 0 Å². The maximum Gasteiger partial charge on any atom is 0.253 e. The van der Waals surface area contributed by atoms with Crippen LogP contribution in [0.15, 0.2) is 42.7 Å². The Labute approximate surface area is 172 Å². The van der Waals surface area contributed by atoms with E-state index >= 15 is 0 Å². The van der Waals surface area contributed by atoms with Crippen LogP contribution in [0.5, 0.6) is 0 Å². The average molecular weight is 393 g/mol. The number of aryl methyl sites for hydroxylation is 1. The van der Waals surface area contributed by atoms with Gasteiger partial charge in [-0.15, -0.1) is 0 Å². The van der Waals surface area contributed by atoms with Crippen molar-refractivity contribution in [2.24, 2.45) is 5.41 Å². The molecule has 2 amide bonds. The quantitative estimate of drug-likeness (QED) is 0.802. The number of piperidine rings is 2. The monoisotopic (exact) mass is 392 g/mol. The van der Waals surface area contributed by atoms with Gasteiger partial charge in [-0.1, -0.05) is 13.0 Å². The van der Waals surface area contributed by atoms with Gasteiger partial charge in [0.25, 0.3) is 5.91 Å². The molecule has 2 aliphatic heterocycles. The summed E-state index contributed by atoms with van der Waals surface area (Å²) in [6.45, 7) is 4.87. The van der Waals surface area contributed by atoms with Crippen LogP contribution >= 0.6 is 0 Å². The number of carbonyl (C=O) groups is 2. The Bertz CT molecular complexity index is 875. The lowest BCUT2D eigenvalue weighted by atomic mass is 9.72. The SMILES string of the molecule is CCc1cc(C(=O)N2CCC3(CCC(=O)N(Cc4ccccn4)C3)CC2)ccn1. The van der Waals surface area contributed by atoms with Crippen molar-refractivity contribution >= 4 is 11.8 Å². The van der Waals surface area contributed by atoms with Crippen molar-refractivity contribution in [2.75, 3.05) is 19.6 Å². The number of carbonyl (C=O) groups excluding carboxylic acids is 2. The Kier molecular flexibility index (Phi) is 5.60. The second-order valence-corrected chi connectivity index (χ2v) is 8.25. The maximum atomic E-state index is 12.9. The van der Waals surface area contributed by atoms with Crippen LogP contribution in [0.25, 0.3) is 0 Å². The first-order chi connectivity index (χ1) is 14.1. The van der Waals surface area contributed by atoms with Crippen molar-refractivity contribution in [1.29, 1.82) is 0 Å². The molecule has 4 rings (SSSR count). The molecule has 0 aliphatic carbocycles. The van der Waals surface area contributed by atoms with Gasteiger partial charge in [-0.3, -0.25) is 19.6 Å². The summed E-state index contributed by atoms with van der Waals surface area (Å²) in [5.74, 6) is 0.304. The van der Waals surface area contributed by atoms with E-state index in [1.807, 2.05) is 41.0 Å². The number of likely N-dealkylation sites (tertiary alicyclic amines) is 2. The Hall–Kier alpha value is -2.76. The molecule has 2 saturated heterocycles. The molecule has 2 aromatic rings. The van der Waals surface area contributed by atoms with E-state index in [9.17, 15) is 9.59 Å². The number of amides is 2. The normalized spacial score (nSPS) is 18.9. The standard InChI is InChI=1S/C23H28N4O2/c1-2-19-15-18(7-12-25-19)22(29)26-13-9-23(10-14-26)8-6-21(28)27(17-23)16-20-5-3-4-11-24-20/h3-5,7,11-12,15H,2,6,8-10,13-14,16-17H2,1H3. The zero-order chi connectivity index (χ0) is 20.3. The molecule has 0 N–H and O–H groups in total. The van der Waals surface area contributed by atoms with Crippen LogP contribution in [0, 0.1) is 5.41 Å². The molecule has 1 spiro atoms. The van der Waals surface area contributed by atoms with Crippen LogP contribution in [0.2, 0.25) is 0 Å². The molecule has 0 aromatic carbocycles. The maximum absolute atomic E-state index is 12.9. The third-order valence-electron chi connectivity index (χ3n) is 6.36. The molecule has 2 fully saturated rings. The highest BCUT2D eigenvalue weighted by Gasteiger charge is 2.41. The number of aromatic nitrogens is 2. The van der Waals surface area contributed by atoms with Crippen molar-refractivity contribution in [1.82, 2.24) is 19.8 Å². The highest BCUT2D eigenvalue weighted by atomic mass is 16.2. The molecule has 6 heteroatoms. The number of hydrogen-bond donors (Lipinski definition) is 0. The van der Waals surface area contributed by atoms with Crippen LogP contribution in [0.3, 0.4) is 0 Å². The lowest BCUT2D eigenvalue weighted by Gasteiger charge is -2.47. The summed E-state index contributed by atoms with van der Waals surface area (Å²) in [4.78, 5) is 38.0. The van der Waals surface area contributed by atoms with E-state index in [4.69, 9.17) is 0 Å². The number of hydrogen-bond acceptors (Lipinski definition) is 4. The van der Waals surface area contributed by atoms with E-state index in [-0.39, 0.29) is 17.2 Å². The second kappa shape index (κ2) is 8.31. The predicted molar refractivity (Wildman–Crippen MR) is 110 cm³/mol. The van der Waals surface area contributed by atoms with Crippen molar-refractivity contribution in [2.45, 2.75) is 45.6 Å². The Morgan fingerprint density at radius 3 is 2.59 bits per heavy atom. The van der Waals surface area contributed by atoms with Crippen molar-refractivity contribution < 1.29 is 9.59 Å². The second-order valence-electron chi connectivity index (χ2n) is 8.25. The van der Waals surface area contributed by atoms with Gasteiger partial charge in [-0.2, -0.15) is 0 Å². The van der Waals surface area contributed by atoms with Gasteiger partial charge in [-0.25, -0.2) is 0 Å². The zero-order valence-electron chi connectivity index (χ0n) is 17.0. The fourth-order valence-corrected chi connectivity index (χ4v) is 4.51. The first-order valence-electron chi connectivity index (χ1n) is 10.5. The third kappa shape index (κ3) is 4.31. The predicted octanol–water partition coefficient (Wildman–Crippen LogP) is 3.08. The summed E-state index contributed by atoms with van der Waals surface area (Å²) in [5.41, 5.74) is 2.71. The summed E-state index contributed by atoms with van der Waals surface area (Å²) < 4.78 is 0. The van der Waals surface area contributed by atoms with Gasteiger partial charge >= 0.3 is 0 Å². The van der Waals surface area contributed by atoms with Gasteiger partial charge in [0, 0.05) is 49.7 Å². The molecule has 29 heavy (non-hydrogen) atoms. The number of rotatable bonds is 4. The third-order valence-corrected chi connectivity index (χ3v) is 6.36. The fraction of sp³-hybridized carbons (Fsp3) is 0.478. The smallest absolute Gasteiger partial charge is 0.253 e. The van der Waals surface area contributed by atoms with Crippen LogP contribution in [-0.4, -0.2) is 51.2 Å². The molecule has 152 valence electrons. The van der Waals surface area contributed by atoms with Gasteiger partial charge < -0.3 is 9.80 Å². The van der Waals surface area contributed by atoms with E-state index < -0.39 is 0 Å². The molecule has 0 bridgehead atoms. The summed E-state index contributed by atoms with van der Waals surface area (Å²) in [7, 11) is 0. The van der Waals surface area contributed by atoms with E-state index in [1.165, 1.54) is 0 Å². The minimum atomic E-state index is 0.0918. The summed E-state index contributed by atoms with van der Waals surface area (Å²) in [5, 5.41) is 0. The van der Waals surface area contributed by atoms with Crippen molar-refractivity contribution in [3.8, 4) is 0 Å². The van der Waals surface area contributed by atoms with Gasteiger partial charge in [0.05, 0.1) is 12.2 Å². The van der Waals surface area contributed by atoms with Crippen LogP contribution in [0.1, 0.15) is 54.4 Å². The van der Waals surface area contributed by atoms with Crippen LogP contribution in [-0.2, 0) is 17.8 Å². The van der Waals surface area contributed by atoms with Crippen LogP contribution in [0.4, 0.5) is 0 Å². The zero-order valence-corrected chi connectivity index (χ0v) is 17.0. The lowest BCUT2D eigenvalue weighted by molar-refractivity contribution is -0.139. The van der Waals surface area contributed by atoms with Gasteiger partial charge in [-0.05, 0) is 55.4 Å². The summed E-state index contributed by atoms with van der Waals surface area (Å²) in [6, 6.07) is 9.52. The molecule has 0 atom stereocenters. The first-order valence-corrected chi connectivity index (χ1v) is 10.5. The van der Waals surface area contributed by atoms with E-state index in [0.29, 0.717) is 13.0 Å². The van der Waals surface area contributed by atoms with Crippen LogP contribution < -0.4 is 0 Å². The number of pyridine rings is 2. The molecule has 2 aromatic heterocycles. The molecular weight excluding hydrogens is 364 g/mol. The molecule has 0 unspecified atom stereocenters. The summed E-state index contributed by atoms with van der Waals surface area (Å²) >= 11 is 0. The molecular formula is C23H28N4O2. The minimum absolute atomic E-state index is 0.0918. The summed E-state index contributed by atoms with van der Waals surface area (Å²) in [6.07, 6.45) is 7.70. The molecule has 0 saturated carbocycles. The molecule has 0 radical (unpaired) electrons. The van der Waals surface area contributed by atoms with Crippen molar-refractivity contribution in [3.63, 3.8) is 0 Å². The fourth-order valence-electron chi connectivity index (χ4n) is 4.51.